The number of aromatic nitrogens is 1. The van der Waals surface area contributed by atoms with Crippen LogP contribution in [0.3, 0.4) is 0 Å². The molecule has 0 radical (unpaired) electrons. The van der Waals surface area contributed by atoms with E-state index in [0.29, 0.717) is 28.7 Å². The third-order valence-electron chi connectivity index (χ3n) is 4.50. The van der Waals surface area contributed by atoms with Gasteiger partial charge in [-0.05, 0) is 42.3 Å². The van der Waals surface area contributed by atoms with Gasteiger partial charge in [-0.3, -0.25) is 0 Å². The van der Waals surface area contributed by atoms with Gasteiger partial charge in [-0.2, -0.15) is 5.26 Å². The quantitative estimate of drug-likeness (QED) is 0.310. The van der Waals surface area contributed by atoms with Crippen molar-refractivity contribution in [2.75, 3.05) is 20.8 Å². The van der Waals surface area contributed by atoms with Gasteiger partial charge in [-0.25, -0.2) is 4.98 Å². The zero-order chi connectivity index (χ0) is 21.3. The number of nitrogens with zero attached hydrogens (tertiary/aromatic N) is 2. The van der Waals surface area contributed by atoms with Crippen LogP contribution < -0.4 is 14.2 Å². The number of rotatable bonds is 9. The van der Waals surface area contributed by atoms with E-state index in [9.17, 15) is 5.26 Å². The SMILES string of the molecule is CCCCOc1ccc(C=C(C#N)c2nc(-c3ccc(OC)cc3OC)cs2)cc1. The average Bonchev–Trinajstić information content (AvgIpc) is 3.28. The third-order valence-corrected chi connectivity index (χ3v) is 5.37. The predicted octanol–water partition coefficient (Wildman–Crippen LogP) is 6.07. The summed E-state index contributed by atoms with van der Waals surface area (Å²) >= 11 is 1.43. The number of hydrogen-bond acceptors (Lipinski definition) is 6. The molecule has 0 aliphatic heterocycles. The number of methoxy groups -OCH3 is 2. The van der Waals surface area contributed by atoms with E-state index in [2.05, 4.69) is 18.0 Å². The minimum atomic E-state index is 0.512. The van der Waals surface area contributed by atoms with Crippen molar-refractivity contribution in [3.8, 4) is 34.6 Å². The first kappa shape index (κ1) is 21.4. The number of ether oxygens (including phenoxy) is 3. The highest BCUT2D eigenvalue weighted by Gasteiger charge is 2.13. The van der Waals surface area contributed by atoms with Gasteiger partial charge >= 0.3 is 0 Å². The Labute approximate surface area is 181 Å². The number of unbranched alkanes of at least 4 members (excludes halogenated alkanes) is 1. The summed E-state index contributed by atoms with van der Waals surface area (Å²) in [5.41, 5.74) is 3.05. The van der Waals surface area contributed by atoms with Crippen LogP contribution in [-0.4, -0.2) is 25.8 Å². The van der Waals surface area contributed by atoms with E-state index in [0.717, 1.165) is 35.4 Å². The highest BCUT2D eigenvalue weighted by Crippen LogP contribution is 2.35. The Morgan fingerprint density at radius 2 is 1.87 bits per heavy atom. The van der Waals surface area contributed by atoms with Crippen LogP contribution in [0.15, 0.2) is 47.8 Å². The Bertz CT molecular complexity index is 1050. The molecule has 0 aliphatic rings. The summed E-state index contributed by atoms with van der Waals surface area (Å²) in [5.74, 6) is 2.22. The fourth-order valence-corrected chi connectivity index (χ4v) is 3.62. The highest BCUT2D eigenvalue weighted by atomic mass is 32.1. The van der Waals surface area contributed by atoms with E-state index in [1.807, 2.05) is 53.9 Å². The smallest absolute Gasteiger partial charge is 0.134 e. The molecule has 1 heterocycles. The molecule has 5 nitrogen and oxygen atoms in total. The molecule has 3 aromatic rings. The van der Waals surface area contributed by atoms with Crippen molar-refractivity contribution in [3.63, 3.8) is 0 Å². The van der Waals surface area contributed by atoms with Crippen LogP contribution in [0.4, 0.5) is 0 Å². The monoisotopic (exact) mass is 420 g/mol. The summed E-state index contributed by atoms with van der Waals surface area (Å²) < 4.78 is 16.4. The molecule has 0 fully saturated rings. The summed E-state index contributed by atoms with van der Waals surface area (Å²) in [6.07, 6.45) is 3.97. The molecule has 0 unspecified atom stereocenters. The molecular formula is C24H24N2O3S. The molecule has 0 saturated heterocycles. The van der Waals surface area contributed by atoms with Gasteiger partial charge in [0, 0.05) is 17.0 Å². The number of benzene rings is 2. The molecule has 0 aliphatic carbocycles. The maximum atomic E-state index is 9.67. The fraction of sp³-hybridized carbons (Fsp3) is 0.250. The highest BCUT2D eigenvalue weighted by molar-refractivity contribution is 7.11. The lowest BCUT2D eigenvalue weighted by molar-refractivity contribution is 0.309. The zero-order valence-electron chi connectivity index (χ0n) is 17.3. The van der Waals surface area contributed by atoms with Crippen LogP contribution in [0.25, 0.3) is 22.9 Å². The second-order valence-electron chi connectivity index (χ2n) is 6.54. The van der Waals surface area contributed by atoms with Crippen molar-refractivity contribution < 1.29 is 14.2 Å². The number of thiazole rings is 1. The van der Waals surface area contributed by atoms with Crippen LogP contribution in [0.5, 0.6) is 17.2 Å². The van der Waals surface area contributed by atoms with Crippen molar-refractivity contribution in [2.24, 2.45) is 0 Å². The first-order chi connectivity index (χ1) is 14.7. The normalized spacial score (nSPS) is 11.1. The Morgan fingerprint density at radius 3 is 2.53 bits per heavy atom. The second-order valence-corrected chi connectivity index (χ2v) is 7.40. The number of nitriles is 1. The zero-order valence-corrected chi connectivity index (χ0v) is 18.2. The summed E-state index contributed by atoms with van der Waals surface area (Å²) in [6, 6.07) is 15.6. The van der Waals surface area contributed by atoms with E-state index in [1.165, 1.54) is 11.3 Å². The van der Waals surface area contributed by atoms with Crippen LogP contribution in [0.2, 0.25) is 0 Å². The lowest BCUT2D eigenvalue weighted by atomic mass is 10.1. The summed E-state index contributed by atoms with van der Waals surface area (Å²) in [6.45, 7) is 2.85. The molecule has 6 heteroatoms. The molecule has 0 amide bonds. The molecule has 0 bridgehead atoms. The van der Waals surface area contributed by atoms with Crippen LogP contribution in [0, 0.1) is 11.3 Å². The van der Waals surface area contributed by atoms with Crippen LogP contribution in [0.1, 0.15) is 30.3 Å². The summed E-state index contributed by atoms with van der Waals surface area (Å²) in [5, 5.41) is 12.3. The molecule has 0 saturated carbocycles. The van der Waals surface area contributed by atoms with Crippen molar-refractivity contribution in [3.05, 3.63) is 58.4 Å². The largest absolute Gasteiger partial charge is 0.497 e. The molecule has 1 aromatic heterocycles. The molecule has 154 valence electrons. The topological polar surface area (TPSA) is 64.4 Å². The van der Waals surface area contributed by atoms with Crippen LogP contribution in [-0.2, 0) is 0 Å². The third kappa shape index (κ3) is 5.19. The van der Waals surface area contributed by atoms with Crippen molar-refractivity contribution >= 4 is 23.0 Å². The van der Waals surface area contributed by atoms with Gasteiger partial charge in [0.05, 0.1) is 32.1 Å². The van der Waals surface area contributed by atoms with Crippen molar-refractivity contribution in [1.82, 2.24) is 4.98 Å². The standard InChI is InChI=1S/C24H24N2O3S/c1-4-5-12-29-19-8-6-17(7-9-19)13-18(15-25)24-26-22(16-30-24)21-11-10-20(27-2)14-23(21)28-3/h6-11,13-14,16H,4-5,12H2,1-3H3. The minimum Gasteiger partial charge on any atom is -0.497 e. The van der Waals surface area contributed by atoms with E-state index in [-0.39, 0.29) is 0 Å². The Kier molecular flexibility index (Phi) is 7.47. The minimum absolute atomic E-state index is 0.512. The Hall–Kier alpha value is -3.30. The summed E-state index contributed by atoms with van der Waals surface area (Å²) in [7, 11) is 3.23. The van der Waals surface area contributed by atoms with Gasteiger partial charge in [-0.1, -0.05) is 25.5 Å². The van der Waals surface area contributed by atoms with Crippen molar-refractivity contribution in [1.29, 1.82) is 5.26 Å². The molecule has 0 N–H and O–H groups in total. The van der Waals surface area contributed by atoms with Gasteiger partial charge in [0.25, 0.3) is 0 Å². The maximum Gasteiger partial charge on any atom is 0.134 e. The second kappa shape index (κ2) is 10.5. The predicted molar refractivity (Wildman–Crippen MR) is 121 cm³/mol. The first-order valence-corrected chi connectivity index (χ1v) is 10.6. The van der Waals surface area contributed by atoms with Gasteiger partial charge in [-0.15, -0.1) is 11.3 Å². The molecule has 30 heavy (non-hydrogen) atoms. The van der Waals surface area contributed by atoms with Gasteiger partial charge < -0.3 is 14.2 Å². The maximum absolute atomic E-state index is 9.67. The summed E-state index contributed by atoms with van der Waals surface area (Å²) in [4.78, 5) is 4.66. The fourth-order valence-electron chi connectivity index (χ4n) is 2.83. The van der Waals surface area contributed by atoms with E-state index < -0.39 is 0 Å². The van der Waals surface area contributed by atoms with E-state index in [4.69, 9.17) is 14.2 Å². The number of allylic oxidation sites excluding steroid dienone is 1. The molecule has 0 atom stereocenters. The Morgan fingerprint density at radius 1 is 1.10 bits per heavy atom. The van der Waals surface area contributed by atoms with Crippen molar-refractivity contribution in [2.45, 2.75) is 19.8 Å². The Balaban J connectivity index is 1.82. The van der Waals surface area contributed by atoms with Gasteiger partial charge in [0.2, 0.25) is 0 Å². The lowest BCUT2D eigenvalue weighted by Gasteiger charge is -2.08. The molecule has 2 aromatic carbocycles. The first-order valence-electron chi connectivity index (χ1n) is 9.71. The molecular weight excluding hydrogens is 396 g/mol. The van der Waals surface area contributed by atoms with Gasteiger partial charge in [0.15, 0.2) is 0 Å². The van der Waals surface area contributed by atoms with E-state index in [1.54, 1.807) is 14.2 Å². The van der Waals surface area contributed by atoms with E-state index >= 15 is 0 Å². The molecule has 3 rings (SSSR count). The molecule has 0 spiro atoms. The lowest BCUT2D eigenvalue weighted by Crippen LogP contribution is -1.95. The van der Waals surface area contributed by atoms with Crippen LogP contribution >= 0.6 is 11.3 Å². The van der Waals surface area contributed by atoms with Gasteiger partial charge in [0.1, 0.15) is 28.3 Å². The average molecular weight is 421 g/mol. The number of hydrogen-bond donors (Lipinski definition) is 0.